The SMILES string of the molecule is Cn1nnnc1SCCC(=O)N1CCC[C@@H]1c1ccccc1. The van der Waals surface area contributed by atoms with E-state index in [-0.39, 0.29) is 11.9 Å². The highest BCUT2D eigenvalue weighted by Crippen LogP contribution is 2.32. The first-order valence-corrected chi connectivity index (χ1v) is 8.44. The van der Waals surface area contributed by atoms with Gasteiger partial charge in [0.1, 0.15) is 0 Å². The van der Waals surface area contributed by atoms with Crippen LogP contribution >= 0.6 is 11.8 Å². The Hall–Kier alpha value is -1.89. The molecular formula is C15H19N5OS. The van der Waals surface area contributed by atoms with E-state index in [2.05, 4.69) is 27.7 Å². The van der Waals surface area contributed by atoms with Gasteiger partial charge in [0.15, 0.2) is 0 Å². The van der Waals surface area contributed by atoms with Crippen LogP contribution in [0.3, 0.4) is 0 Å². The number of carbonyl (C=O) groups is 1. The van der Waals surface area contributed by atoms with Crippen LogP contribution < -0.4 is 0 Å². The van der Waals surface area contributed by atoms with E-state index < -0.39 is 0 Å². The van der Waals surface area contributed by atoms with Gasteiger partial charge in [-0.1, -0.05) is 42.1 Å². The van der Waals surface area contributed by atoms with Gasteiger partial charge in [0, 0.05) is 25.8 Å². The fraction of sp³-hybridized carbons (Fsp3) is 0.467. The van der Waals surface area contributed by atoms with Crippen LogP contribution in [0, 0.1) is 0 Å². The number of nitrogens with zero attached hydrogens (tertiary/aromatic N) is 5. The monoisotopic (exact) mass is 317 g/mol. The third-order valence-electron chi connectivity index (χ3n) is 3.89. The molecule has 0 spiro atoms. The van der Waals surface area contributed by atoms with Crippen molar-refractivity contribution in [2.45, 2.75) is 30.5 Å². The zero-order chi connectivity index (χ0) is 15.4. The van der Waals surface area contributed by atoms with E-state index in [1.807, 2.05) is 23.1 Å². The van der Waals surface area contributed by atoms with Gasteiger partial charge in [-0.15, -0.1) is 5.10 Å². The summed E-state index contributed by atoms with van der Waals surface area (Å²) in [7, 11) is 1.80. The number of carbonyl (C=O) groups excluding carboxylic acids is 1. The molecule has 0 aliphatic carbocycles. The Morgan fingerprint density at radius 3 is 2.91 bits per heavy atom. The number of aromatic nitrogens is 4. The summed E-state index contributed by atoms with van der Waals surface area (Å²) in [5.74, 6) is 0.916. The van der Waals surface area contributed by atoms with Crippen molar-refractivity contribution in [3.8, 4) is 0 Å². The Kier molecular flexibility index (Phi) is 4.72. The Balaban J connectivity index is 1.56. The fourth-order valence-electron chi connectivity index (χ4n) is 2.80. The number of aryl methyl sites for hydroxylation is 1. The van der Waals surface area contributed by atoms with Crippen molar-refractivity contribution in [1.82, 2.24) is 25.1 Å². The van der Waals surface area contributed by atoms with Crippen LogP contribution in [0.4, 0.5) is 0 Å². The molecule has 0 unspecified atom stereocenters. The quantitative estimate of drug-likeness (QED) is 0.790. The minimum atomic E-state index is 0.217. The Labute approximate surface area is 133 Å². The minimum Gasteiger partial charge on any atom is -0.336 e. The number of hydrogen-bond donors (Lipinski definition) is 0. The van der Waals surface area contributed by atoms with E-state index in [1.54, 1.807) is 11.7 Å². The summed E-state index contributed by atoms with van der Waals surface area (Å²) in [6, 6.07) is 10.5. The van der Waals surface area contributed by atoms with Gasteiger partial charge in [0.25, 0.3) is 0 Å². The molecule has 1 saturated heterocycles. The van der Waals surface area contributed by atoms with E-state index in [0.29, 0.717) is 12.2 Å². The van der Waals surface area contributed by atoms with Crippen LogP contribution in [0.2, 0.25) is 0 Å². The van der Waals surface area contributed by atoms with Crippen LogP contribution in [0.15, 0.2) is 35.5 Å². The molecule has 1 fully saturated rings. The van der Waals surface area contributed by atoms with Gasteiger partial charge < -0.3 is 4.90 Å². The molecule has 1 atom stereocenters. The lowest BCUT2D eigenvalue weighted by molar-refractivity contribution is -0.131. The molecule has 7 heteroatoms. The second kappa shape index (κ2) is 6.91. The number of rotatable bonds is 5. The van der Waals surface area contributed by atoms with Gasteiger partial charge in [0.05, 0.1) is 6.04 Å². The highest BCUT2D eigenvalue weighted by atomic mass is 32.2. The van der Waals surface area contributed by atoms with E-state index in [4.69, 9.17) is 0 Å². The number of amides is 1. The summed E-state index contributed by atoms with van der Waals surface area (Å²) < 4.78 is 1.62. The van der Waals surface area contributed by atoms with Gasteiger partial charge in [0.2, 0.25) is 11.1 Å². The second-order valence-corrected chi connectivity index (χ2v) is 6.40. The number of likely N-dealkylation sites (tertiary alicyclic amines) is 1. The molecule has 0 saturated carbocycles. The average Bonchev–Trinajstić information content (AvgIpc) is 3.17. The molecule has 6 nitrogen and oxygen atoms in total. The predicted octanol–water partition coefficient (Wildman–Crippen LogP) is 2.06. The molecule has 0 radical (unpaired) electrons. The van der Waals surface area contributed by atoms with Crippen molar-refractivity contribution >= 4 is 17.7 Å². The number of benzene rings is 1. The zero-order valence-electron chi connectivity index (χ0n) is 12.6. The lowest BCUT2D eigenvalue weighted by Gasteiger charge is -2.25. The van der Waals surface area contributed by atoms with Gasteiger partial charge >= 0.3 is 0 Å². The summed E-state index contributed by atoms with van der Waals surface area (Å²) in [6.07, 6.45) is 2.64. The molecule has 3 rings (SSSR count). The van der Waals surface area contributed by atoms with Crippen LogP contribution in [0.25, 0.3) is 0 Å². The summed E-state index contributed by atoms with van der Waals surface area (Å²) >= 11 is 1.52. The Bertz CT molecular complexity index is 630. The molecule has 1 aliphatic rings. The van der Waals surface area contributed by atoms with Crippen molar-refractivity contribution < 1.29 is 4.79 Å². The first-order valence-electron chi connectivity index (χ1n) is 7.45. The molecular weight excluding hydrogens is 298 g/mol. The van der Waals surface area contributed by atoms with Gasteiger partial charge in [-0.05, 0) is 28.8 Å². The first kappa shape index (κ1) is 15.0. The standard InChI is InChI=1S/C15H19N5OS/c1-19-15(16-17-18-19)22-11-9-14(21)20-10-5-8-13(20)12-6-3-2-4-7-12/h2-4,6-7,13H,5,8-11H2,1H3/t13-/m1/s1. The van der Waals surface area contributed by atoms with Crippen molar-refractivity contribution in [1.29, 1.82) is 0 Å². The van der Waals surface area contributed by atoms with Gasteiger partial charge in [-0.3, -0.25) is 4.79 Å². The highest BCUT2D eigenvalue weighted by Gasteiger charge is 2.29. The summed E-state index contributed by atoms with van der Waals surface area (Å²) in [6.45, 7) is 0.856. The molecule has 1 amide bonds. The number of hydrogen-bond acceptors (Lipinski definition) is 5. The van der Waals surface area contributed by atoms with Crippen LogP contribution in [-0.2, 0) is 11.8 Å². The van der Waals surface area contributed by atoms with Crippen molar-refractivity contribution in [3.63, 3.8) is 0 Å². The maximum atomic E-state index is 12.5. The summed E-state index contributed by atoms with van der Waals surface area (Å²) in [5, 5.41) is 12.0. The maximum Gasteiger partial charge on any atom is 0.223 e. The third-order valence-corrected chi connectivity index (χ3v) is 4.90. The summed E-state index contributed by atoms with van der Waals surface area (Å²) in [4.78, 5) is 14.5. The molecule has 0 N–H and O–H groups in total. The zero-order valence-corrected chi connectivity index (χ0v) is 13.4. The van der Waals surface area contributed by atoms with Crippen molar-refractivity contribution in [2.24, 2.45) is 7.05 Å². The second-order valence-electron chi connectivity index (χ2n) is 5.34. The lowest BCUT2D eigenvalue weighted by atomic mass is 10.0. The van der Waals surface area contributed by atoms with E-state index >= 15 is 0 Å². The van der Waals surface area contributed by atoms with Crippen molar-refractivity contribution in [2.75, 3.05) is 12.3 Å². The van der Waals surface area contributed by atoms with Crippen molar-refractivity contribution in [3.05, 3.63) is 35.9 Å². The topological polar surface area (TPSA) is 63.9 Å². The predicted molar refractivity (Wildman–Crippen MR) is 84.3 cm³/mol. The molecule has 2 aromatic rings. The molecule has 2 heterocycles. The fourth-order valence-corrected chi connectivity index (χ4v) is 3.58. The largest absolute Gasteiger partial charge is 0.336 e. The van der Waals surface area contributed by atoms with E-state index in [9.17, 15) is 4.79 Å². The molecule has 1 aliphatic heterocycles. The molecule has 116 valence electrons. The first-order chi connectivity index (χ1) is 10.8. The van der Waals surface area contributed by atoms with Gasteiger partial charge in [-0.25, -0.2) is 4.68 Å². The molecule has 22 heavy (non-hydrogen) atoms. The number of tetrazole rings is 1. The smallest absolute Gasteiger partial charge is 0.223 e. The minimum absolute atomic E-state index is 0.217. The normalized spacial score (nSPS) is 17.9. The van der Waals surface area contributed by atoms with Crippen LogP contribution in [0.5, 0.6) is 0 Å². The molecule has 1 aromatic carbocycles. The average molecular weight is 317 g/mol. The van der Waals surface area contributed by atoms with Crippen LogP contribution in [-0.4, -0.2) is 43.3 Å². The third kappa shape index (κ3) is 3.30. The Morgan fingerprint density at radius 1 is 1.36 bits per heavy atom. The highest BCUT2D eigenvalue weighted by molar-refractivity contribution is 7.99. The molecule has 0 bridgehead atoms. The van der Waals surface area contributed by atoms with Gasteiger partial charge in [-0.2, -0.15) is 0 Å². The van der Waals surface area contributed by atoms with E-state index in [0.717, 1.165) is 24.5 Å². The number of thioether (sulfide) groups is 1. The van der Waals surface area contributed by atoms with Crippen LogP contribution in [0.1, 0.15) is 30.9 Å². The molecule has 1 aromatic heterocycles. The summed E-state index contributed by atoms with van der Waals surface area (Å²) in [5.41, 5.74) is 1.23. The lowest BCUT2D eigenvalue weighted by Crippen LogP contribution is -2.30. The van der Waals surface area contributed by atoms with E-state index in [1.165, 1.54) is 17.3 Å². The maximum absolute atomic E-state index is 12.5. The Morgan fingerprint density at radius 2 is 2.18 bits per heavy atom.